The van der Waals surface area contributed by atoms with Gasteiger partial charge in [-0.15, -0.1) is 0 Å². The van der Waals surface area contributed by atoms with Crippen molar-refractivity contribution in [2.75, 3.05) is 0 Å². The van der Waals surface area contributed by atoms with Crippen LogP contribution in [0, 0.1) is 23.0 Å². The first-order chi connectivity index (χ1) is 8.93. The summed E-state index contributed by atoms with van der Waals surface area (Å²) in [6, 6.07) is 3.22. The molecule has 0 saturated heterocycles. The summed E-state index contributed by atoms with van der Waals surface area (Å²) in [7, 11) is 0. The average Bonchev–Trinajstić information content (AvgIpc) is 2.34. The summed E-state index contributed by atoms with van der Waals surface area (Å²) in [6.45, 7) is 2.01. The first-order valence-corrected chi connectivity index (χ1v) is 6.60. The van der Waals surface area contributed by atoms with Crippen molar-refractivity contribution < 1.29 is 18.7 Å². The Bertz CT molecular complexity index is 487. The van der Waals surface area contributed by atoms with Crippen molar-refractivity contribution in [2.24, 2.45) is 11.3 Å². The monoisotopic (exact) mass is 268 g/mol. The van der Waals surface area contributed by atoms with E-state index in [-0.39, 0.29) is 12.0 Å². The number of rotatable bonds is 3. The molecule has 0 spiro atoms. The van der Waals surface area contributed by atoms with Gasteiger partial charge in [0.15, 0.2) is 0 Å². The molecule has 2 nitrogen and oxygen atoms in total. The van der Waals surface area contributed by atoms with Gasteiger partial charge in [0.2, 0.25) is 0 Å². The Balaban J connectivity index is 2.30. The predicted octanol–water partition coefficient (Wildman–Crippen LogP) is 3.79. The highest BCUT2D eigenvalue weighted by atomic mass is 19.1. The van der Waals surface area contributed by atoms with Gasteiger partial charge in [0.05, 0.1) is 5.41 Å². The maximum Gasteiger partial charge on any atom is 0.309 e. The van der Waals surface area contributed by atoms with Gasteiger partial charge in [-0.2, -0.15) is 0 Å². The van der Waals surface area contributed by atoms with E-state index in [4.69, 9.17) is 0 Å². The molecule has 0 aliphatic heterocycles. The summed E-state index contributed by atoms with van der Waals surface area (Å²) in [5.41, 5.74) is -0.789. The third-order valence-corrected chi connectivity index (χ3v) is 4.08. The van der Waals surface area contributed by atoms with Crippen molar-refractivity contribution in [3.8, 4) is 0 Å². The molecule has 1 fully saturated rings. The molecule has 1 aromatic carbocycles. The lowest BCUT2D eigenvalue weighted by Gasteiger charge is -2.36. The van der Waals surface area contributed by atoms with Gasteiger partial charge >= 0.3 is 5.97 Å². The maximum atomic E-state index is 13.7. The second-order valence-corrected chi connectivity index (χ2v) is 5.70. The highest BCUT2D eigenvalue weighted by Crippen LogP contribution is 2.42. The SMILES string of the molecule is CC1CCCC(Cc2cc(F)ccc2F)(C(=O)O)C1. The summed E-state index contributed by atoms with van der Waals surface area (Å²) in [5.74, 6) is -1.65. The van der Waals surface area contributed by atoms with Crippen LogP contribution in [0.25, 0.3) is 0 Å². The molecule has 2 unspecified atom stereocenters. The Morgan fingerprint density at radius 2 is 2.21 bits per heavy atom. The lowest BCUT2D eigenvalue weighted by Crippen LogP contribution is -2.38. The van der Waals surface area contributed by atoms with Crippen LogP contribution in [0.4, 0.5) is 8.78 Å². The highest BCUT2D eigenvalue weighted by Gasteiger charge is 2.42. The molecule has 0 radical (unpaired) electrons. The molecule has 1 saturated carbocycles. The number of carboxylic acids is 1. The lowest BCUT2D eigenvalue weighted by molar-refractivity contribution is -0.152. The second kappa shape index (κ2) is 5.27. The van der Waals surface area contributed by atoms with Crippen molar-refractivity contribution in [2.45, 2.75) is 39.0 Å². The van der Waals surface area contributed by atoms with E-state index in [1.54, 1.807) is 0 Å². The van der Waals surface area contributed by atoms with Crippen LogP contribution in [0.5, 0.6) is 0 Å². The Labute approximate surface area is 111 Å². The van der Waals surface area contributed by atoms with E-state index in [1.165, 1.54) is 0 Å². The standard InChI is InChI=1S/C15H18F2O2/c1-10-3-2-6-15(8-10,14(18)19)9-11-7-12(16)4-5-13(11)17/h4-5,7,10H,2-3,6,8-9H2,1H3,(H,18,19). The van der Waals surface area contributed by atoms with Crippen LogP contribution in [-0.4, -0.2) is 11.1 Å². The van der Waals surface area contributed by atoms with Crippen LogP contribution < -0.4 is 0 Å². The minimum Gasteiger partial charge on any atom is -0.481 e. The number of carboxylic acid groups (broad SMARTS) is 1. The number of hydrogen-bond donors (Lipinski definition) is 1. The Morgan fingerprint density at radius 1 is 1.47 bits per heavy atom. The summed E-state index contributed by atoms with van der Waals surface area (Å²) < 4.78 is 26.9. The van der Waals surface area contributed by atoms with Crippen LogP contribution in [0.2, 0.25) is 0 Å². The van der Waals surface area contributed by atoms with Crippen LogP contribution in [0.1, 0.15) is 38.2 Å². The summed E-state index contributed by atoms with van der Waals surface area (Å²) >= 11 is 0. The van der Waals surface area contributed by atoms with Crippen molar-refractivity contribution in [1.29, 1.82) is 0 Å². The third-order valence-electron chi connectivity index (χ3n) is 4.08. The molecule has 1 aliphatic rings. The number of carbonyl (C=O) groups is 1. The van der Waals surface area contributed by atoms with E-state index < -0.39 is 23.0 Å². The van der Waals surface area contributed by atoms with E-state index in [9.17, 15) is 18.7 Å². The van der Waals surface area contributed by atoms with Gasteiger partial charge in [-0.3, -0.25) is 4.79 Å². The molecule has 0 heterocycles. The smallest absolute Gasteiger partial charge is 0.309 e. The average molecular weight is 268 g/mol. The van der Waals surface area contributed by atoms with Crippen molar-refractivity contribution >= 4 is 5.97 Å². The molecule has 1 aliphatic carbocycles. The van der Waals surface area contributed by atoms with Gasteiger partial charge in [0, 0.05) is 0 Å². The van der Waals surface area contributed by atoms with Gasteiger partial charge < -0.3 is 5.11 Å². The zero-order valence-electron chi connectivity index (χ0n) is 11.0. The molecule has 2 rings (SSSR count). The van der Waals surface area contributed by atoms with E-state index >= 15 is 0 Å². The van der Waals surface area contributed by atoms with Crippen LogP contribution in [-0.2, 0) is 11.2 Å². The van der Waals surface area contributed by atoms with Crippen molar-refractivity contribution in [1.82, 2.24) is 0 Å². The first kappa shape index (κ1) is 14.0. The molecule has 0 amide bonds. The molecule has 1 N–H and O–H groups in total. The van der Waals surface area contributed by atoms with Gasteiger partial charge in [-0.25, -0.2) is 8.78 Å². The zero-order valence-corrected chi connectivity index (χ0v) is 11.0. The van der Waals surface area contributed by atoms with E-state index in [2.05, 4.69) is 0 Å². The Morgan fingerprint density at radius 3 is 2.84 bits per heavy atom. The van der Waals surface area contributed by atoms with E-state index in [1.807, 2.05) is 6.92 Å². The van der Waals surface area contributed by atoms with Gasteiger partial charge in [0.25, 0.3) is 0 Å². The molecule has 0 bridgehead atoms. The minimum atomic E-state index is -0.952. The van der Waals surface area contributed by atoms with Crippen LogP contribution in [0.15, 0.2) is 18.2 Å². The largest absolute Gasteiger partial charge is 0.481 e. The highest BCUT2D eigenvalue weighted by molar-refractivity contribution is 5.75. The first-order valence-electron chi connectivity index (χ1n) is 6.60. The molecule has 2 atom stereocenters. The normalized spacial score (nSPS) is 27.2. The van der Waals surface area contributed by atoms with Crippen molar-refractivity contribution in [3.63, 3.8) is 0 Å². The van der Waals surface area contributed by atoms with E-state index in [0.717, 1.165) is 31.0 Å². The summed E-state index contributed by atoms with van der Waals surface area (Å²) in [6.07, 6.45) is 2.95. The third kappa shape index (κ3) is 2.94. The summed E-state index contributed by atoms with van der Waals surface area (Å²) in [5, 5.41) is 9.51. The molecular formula is C15H18F2O2. The molecule has 19 heavy (non-hydrogen) atoms. The molecule has 104 valence electrons. The lowest BCUT2D eigenvalue weighted by atomic mass is 9.67. The Hall–Kier alpha value is -1.45. The Kier molecular flexibility index (Phi) is 3.88. The second-order valence-electron chi connectivity index (χ2n) is 5.70. The van der Waals surface area contributed by atoms with E-state index in [0.29, 0.717) is 18.8 Å². The fourth-order valence-electron chi connectivity index (χ4n) is 3.13. The fraction of sp³-hybridized carbons (Fsp3) is 0.533. The maximum absolute atomic E-state index is 13.7. The van der Waals surface area contributed by atoms with Gasteiger partial charge in [0.1, 0.15) is 11.6 Å². The number of halogens is 2. The number of benzene rings is 1. The van der Waals surface area contributed by atoms with Gasteiger partial charge in [-0.1, -0.05) is 19.8 Å². The zero-order chi connectivity index (χ0) is 14.0. The van der Waals surface area contributed by atoms with Crippen LogP contribution >= 0.6 is 0 Å². The van der Waals surface area contributed by atoms with Crippen LogP contribution in [0.3, 0.4) is 0 Å². The fourth-order valence-corrected chi connectivity index (χ4v) is 3.13. The molecular weight excluding hydrogens is 250 g/mol. The minimum absolute atomic E-state index is 0.0657. The predicted molar refractivity (Wildman–Crippen MR) is 67.8 cm³/mol. The number of aliphatic carboxylic acids is 1. The van der Waals surface area contributed by atoms with Gasteiger partial charge in [-0.05, 0) is 48.9 Å². The topological polar surface area (TPSA) is 37.3 Å². The number of hydrogen-bond acceptors (Lipinski definition) is 1. The molecule has 4 heteroatoms. The molecule has 1 aromatic rings. The summed E-state index contributed by atoms with van der Waals surface area (Å²) in [4.78, 5) is 11.6. The molecule has 0 aromatic heterocycles. The van der Waals surface area contributed by atoms with Crippen molar-refractivity contribution in [3.05, 3.63) is 35.4 Å². The quantitative estimate of drug-likeness (QED) is 0.905.